The lowest BCUT2D eigenvalue weighted by Gasteiger charge is -2.11. The van der Waals surface area contributed by atoms with Gasteiger partial charge in [0.2, 0.25) is 5.91 Å². The molecule has 7 nitrogen and oxygen atoms in total. The van der Waals surface area contributed by atoms with Crippen LogP contribution in [0.4, 0.5) is 11.4 Å². The van der Waals surface area contributed by atoms with Crippen molar-refractivity contribution in [3.63, 3.8) is 0 Å². The van der Waals surface area contributed by atoms with E-state index >= 15 is 0 Å². The molecule has 0 bridgehead atoms. The fourth-order valence-electron chi connectivity index (χ4n) is 2.80. The van der Waals surface area contributed by atoms with Gasteiger partial charge in [0.05, 0.1) is 6.61 Å². The van der Waals surface area contributed by atoms with Crippen molar-refractivity contribution < 1.29 is 23.9 Å². The van der Waals surface area contributed by atoms with Crippen LogP contribution in [-0.4, -0.2) is 31.0 Å². The first-order valence-electron chi connectivity index (χ1n) is 10.2. The van der Waals surface area contributed by atoms with Crippen LogP contribution in [0, 0.1) is 0 Å². The number of carbonyl (C=O) groups is 3. The highest BCUT2D eigenvalue weighted by atomic mass is 79.9. The maximum Gasteiger partial charge on any atom is 0.306 e. The van der Waals surface area contributed by atoms with Crippen LogP contribution >= 0.6 is 15.9 Å². The minimum atomic E-state index is -0.518. The van der Waals surface area contributed by atoms with E-state index in [1.807, 2.05) is 26.0 Å². The Labute approximate surface area is 190 Å². The highest BCUT2D eigenvalue weighted by Gasteiger charge is 2.11. The number of hydrogen-bond donors (Lipinski definition) is 2. The first kappa shape index (κ1) is 24.4. The summed E-state index contributed by atoms with van der Waals surface area (Å²) in [5.41, 5.74) is 2.33. The van der Waals surface area contributed by atoms with Gasteiger partial charge in [0, 0.05) is 28.7 Å². The third-order valence-corrected chi connectivity index (χ3v) is 4.81. The van der Waals surface area contributed by atoms with Crippen molar-refractivity contribution in [2.24, 2.45) is 0 Å². The molecule has 0 aliphatic carbocycles. The van der Waals surface area contributed by atoms with E-state index in [0.29, 0.717) is 24.4 Å². The number of ether oxygens (including phenoxy) is 2. The van der Waals surface area contributed by atoms with Crippen LogP contribution in [0.2, 0.25) is 0 Å². The predicted octanol–water partition coefficient (Wildman–Crippen LogP) is 4.70. The average Bonchev–Trinajstić information content (AvgIpc) is 2.75. The number of carbonyl (C=O) groups excluding carboxylic acids is 3. The van der Waals surface area contributed by atoms with Crippen molar-refractivity contribution in [2.75, 3.05) is 23.8 Å². The fraction of sp³-hybridized carbons (Fsp3) is 0.348. The Hall–Kier alpha value is -2.87. The van der Waals surface area contributed by atoms with Gasteiger partial charge in [0.15, 0.2) is 6.61 Å². The van der Waals surface area contributed by atoms with Crippen LogP contribution < -0.4 is 15.4 Å². The van der Waals surface area contributed by atoms with Gasteiger partial charge in [-0.25, -0.2) is 0 Å². The van der Waals surface area contributed by atoms with Gasteiger partial charge >= 0.3 is 5.97 Å². The second-order valence-electron chi connectivity index (χ2n) is 6.72. The van der Waals surface area contributed by atoms with Gasteiger partial charge in [0.1, 0.15) is 5.75 Å². The van der Waals surface area contributed by atoms with Gasteiger partial charge in [-0.05, 0) is 67.8 Å². The van der Waals surface area contributed by atoms with Crippen LogP contribution in [-0.2, 0) is 25.5 Å². The summed E-state index contributed by atoms with van der Waals surface area (Å²) in [5, 5.41) is 5.51. The van der Waals surface area contributed by atoms with Crippen LogP contribution in [0.3, 0.4) is 0 Å². The molecule has 2 amide bonds. The number of nitrogens with one attached hydrogen (secondary N) is 2. The predicted molar refractivity (Wildman–Crippen MR) is 123 cm³/mol. The van der Waals surface area contributed by atoms with E-state index in [-0.39, 0.29) is 25.4 Å². The van der Waals surface area contributed by atoms with Gasteiger partial charge in [-0.2, -0.15) is 0 Å². The Morgan fingerprint density at radius 2 is 1.68 bits per heavy atom. The first-order valence-corrected chi connectivity index (χ1v) is 11.0. The molecule has 2 rings (SSSR count). The number of hydrogen-bond acceptors (Lipinski definition) is 5. The summed E-state index contributed by atoms with van der Waals surface area (Å²) in [6.07, 6.45) is 1.32. The number of rotatable bonds is 11. The van der Waals surface area contributed by atoms with E-state index in [4.69, 9.17) is 9.47 Å². The normalized spacial score (nSPS) is 10.3. The standard InChI is InChI=1S/C23H27BrN2O5/c1-3-16-14-17(24)8-13-20(16)26-22(28)15-31-23(29)7-5-6-21(27)25-18-9-11-19(12-10-18)30-4-2/h8-14H,3-7,15H2,1-2H3,(H,25,27)(H,26,28). The molecular formula is C23H27BrN2O5. The fourth-order valence-corrected chi connectivity index (χ4v) is 3.21. The highest BCUT2D eigenvalue weighted by Crippen LogP contribution is 2.21. The molecule has 8 heteroatoms. The van der Waals surface area contributed by atoms with Gasteiger partial charge < -0.3 is 20.1 Å². The molecule has 2 N–H and O–H groups in total. The Morgan fingerprint density at radius 3 is 2.35 bits per heavy atom. The average molecular weight is 491 g/mol. The van der Waals surface area contributed by atoms with Gasteiger partial charge in [0.25, 0.3) is 5.91 Å². The maximum atomic E-state index is 12.0. The number of esters is 1. The molecule has 0 unspecified atom stereocenters. The van der Waals surface area contributed by atoms with Crippen molar-refractivity contribution in [2.45, 2.75) is 39.5 Å². The van der Waals surface area contributed by atoms with Crippen molar-refractivity contribution in [3.8, 4) is 5.75 Å². The zero-order chi connectivity index (χ0) is 22.6. The summed E-state index contributed by atoms with van der Waals surface area (Å²) in [4.78, 5) is 35.9. The van der Waals surface area contributed by atoms with Crippen molar-refractivity contribution >= 4 is 45.1 Å². The first-order chi connectivity index (χ1) is 14.9. The molecule has 2 aromatic rings. The van der Waals surface area contributed by atoms with Crippen molar-refractivity contribution in [1.82, 2.24) is 0 Å². The second-order valence-corrected chi connectivity index (χ2v) is 7.64. The van der Waals surface area contributed by atoms with Crippen LogP contribution in [0.5, 0.6) is 5.75 Å². The van der Waals surface area contributed by atoms with E-state index in [1.165, 1.54) is 0 Å². The molecule has 2 aromatic carbocycles. The zero-order valence-corrected chi connectivity index (χ0v) is 19.3. The third-order valence-electron chi connectivity index (χ3n) is 4.32. The topological polar surface area (TPSA) is 93.7 Å². The van der Waals surface area contributed by atoms with E-state index < -0.39 is 11.9 Å². The number of amides is 2. The van der Waals surface area contributed by atoms with E-state index in [0.717, 1.165) is 22.2 Å². The van der Waals surface area contributed by atoms with E-state index in [9.17, 15) is 14.4 Å². The molecule has 0 spiro atoms. The summed E-state index contributed by atoms with van der Waals surface area (Å²) in [6.45, 7) is 4.10. The van der Waals surface area contributed by atoms with Crippen LogP contribution in [0.15, 0.2) is 46.9 Å². The van der Waals surface area contributed by atoms with Gasteiger partial charge in [-0.3, -0.25) is 14.4 Å². The van der Waals surface area contributed by atoms with Gasteiger partial charge in [-0.1, -0.05) is 22.9 Å². The quantitative estimate of drug-likeness (QED) is 0.445. The lowest BCUT2D eigenvalue weighted by Crippen LogP contribution is -2.21. The minimum absolute atomic E-state index is 0.0580. The number of aryl methyl sites for hydroxylation is 1. The van der Waals surface area contributed by atoms with E-state index in [1.54, 1.807) is 30.3 Å². The Bertz CT molecular complexity index is 899. The molecule has 31 heavy (non-hydrogen) atoms. The highest BCUT2D eigenvalue weighted by molar-refractivity contribution is 9.10. The summed E-state index contributed by atoms with van der Waals surface area (Å²) >= 11 is 3.40. The molecule has 0 aliphatic rings. The van der Waals surface area contributed by atoms with Crippen LogP contribution in [0.25, 0.3) is 0 Å². The van der Waals surface area contributed by atoms with Gasteiger partial charge in [-0.15, -0.1) is 0 Å². The minimum Gasteiger partial charge on any atom is -0.494 e. The monoisotopic (exact) mass is 490 g/mol. The second kappa shape index (κ2) is 12.7. The number of halogens is 1. The van der Waals surface area contributed by atoms with Crippen LogP contribution in [0.1, 0.15) is 38.7 Å². The maximum absolute atomic E-state index is 12.0. The summed E-state index contributed by atoms with van der Waals surface area (Å²) in [6, 6.07) is 12.6. The summed E-state index contributed by atoms with van der Waals surface area (Å²) in [5.74, 6) is -0.385. The molecule has 0 fully saturated rings. The summed E-state index contributed by atoms with van der Waals surface area (Å²) < 4.78 is 11.3. The molecule has 0 radical (unpaired) electrons. The Morgan fingerprint density at radius 1 is 0.935 bits per heavy atom. The molecule has 0 heterocycles. The molecule has 0 atom stereocenters. The molecule has 166 valence electrons. The molecule has 0 aliphatic heterocycles. The van der Waals surface area contributed by atoms with Crippen molar-refractivity contribution in [1.29, 1.82) is 0 Å². The molecule has 0 saturated carbocycles. The lowest BCUT2D eigenvalue weighted by molar-refractivity contribution is -0.147. The third kappa shape index (κ3) is 8.80. The zero-order valence-electron chi connectivity index (χ0n) is 17.7. The Balaban J connectivity index is 1.66. The Kier molecular flexibility index (Phi) is 10.0. The van der Waals surface area contributed by atoms with Crippen molar-refractivity contribution in [3.05, 3.63) is 52.5 Å². The summed E-state index contributed by atoms with van der Waals surface area (Å²) in [7, 11) is 0. The number of anilines is 2. The molecular weight excluding hydrogens is 464 g/mol. The lowest BCUT2D eigenvalue weighted by atomic mass is 10.1. The SMILES string of the molecule is CCOc1ccc(NC(=O)CCCC(=O)OCC(=O)Nc2ccc(Br)cc2CC)cc1. The smallest absolute Gasteiger partial charge is 0.306 e. The number of benzene rings is 2. The largest absolute Gasteiger partial charge is 0.494 e. The molecule has 0 aromatic heterocycles. The van der Waals surface area contributed by atoms with E-state index in [2.05, 4.69) is 26.6 Å². The molecule has 0 saturated heterocycles.